The van der Waals surface area contributed by atoms with Gasteiger partial charge in [0.1, 0.15) is 29.8 Å². The minimum atomic E-state index is -1.62. The molecule has 0 aliphatic carbocycles. The Morgan fingerprint density at radius 2 is 1.71 bits per heavy atom. The summed E-state index contributed by atoms with van der Waals surface area (Å²) in [4.78, 5) is 12.1. The SMILES string of the molecule is O=C(C=Cc1ccc(O)c(O)c1)O[C@H]1[C@H](O)[C@@H](O)[C@H](Oc2ccc(O)cc2)O[C@@H]1CO. The van der Waals surface area contributed by atoms with Crippen LogP contribution < -0.4 is 4.74 Å². The van der Waals surface area contributed by atoms with Crippen molar-refractivity contribution in [2.75, 3.05) is 6.61 Å². The van der Waals surface area contributed by atoms with Gasteiger partial charge in [0.2, 0.25) is 6.29 Å². The molecule has 0 unspecified atom stereocenters. The summed E-state index contributed by atoms with van der Waals surface area (Å²) in [6, 6.07) is 9.47. The predicted molar refractivity (Wildman–Crippen MR) is 105 cm³/mol. The smallest absolute Gasteiger partial charge is 0.331 e. The van der Waals surface area contributed by atoms with E-state index in [0.717, 1.165) is 6.08 Å². The third-order valence-corrected chi connectivity index (χ3v) is 4.57. The average Bonchev–Trinajstić information content (AvgIpc) is 2.75. The topological polar surface area (TPSA) is 166 Å². The molecule has 0 bridgehead atoms. The summed E-state index contributed by atoms with van der Waals surface area (Å²) < 4.78 is 16.0. The molecule has 10 heteroatoms. The number of phenols is 3. The number of benzene rings is 2. The van der Waals surface area contributed by atoms with E-state index in [2.05, 4.69) is 0 Å². The molecular weight excluding hydrogens is 412 g/mol. The van der Waals surface area contributed by atoms with Crippen molar-refractivity contribution >= 4 is 12.0 Å². The van der Waals surface area contributed by atoms with E-state index in [1.165, 1.54) is 48.5 Å². The largest absolute Gasteiger partial charge is 0.508 e. The van der Waals surface area contributed by atoms with E-state index < -0.39 is 43.3 Å². The van der Waals surface area contributed by atoms with Crippen molar-refractivity contribution in [3.63, 3.8) is 0 Å². The molecule has 1 fully saturated rings. The lowest BCUT2D eigenvalue weighted by Gasteiger charge is -2.41. The van der Waals surface area contributed by atoms with Gasteiger partial charge < -0.3 is 44.8 Å². The van der Waals surface area contributed by atoms with Gasteiger partial charge in [-0.3, -0.25) is 0 Å². The van der Waals surface area contributed by atoms with Crippen LogP contribution in [0.2, 0.25) is 0 Å². The van der Waals surface area contributed by atoms with Crippen molar-refractivity contribution < 1.29 is 49.6 Å². The van der Waals surface area contributed by atoms with Gasteiger partial charge >= 0.3 is 5.97 Å². The van der Waals surface area contributed by atoms with E-state index in [0.29, 0.717) is 5.56 Å². The second-order valence-corrected chi connectivity index (χ2v) is 6.80. The van der Waals surface area contributed by atoms with Crippen LogP contribution in [0.4, 0.5) is 0 Å². The highest BCUT2D eigenvalue weighted by molar-refractivity contribution is 5.87. The molecule has 2 aromatic rings. The zero-order valence-electron chi connectivity index (χ0n) is 16.1. The monoisotopic (exact) mass is 434 g/mol. The lowest BCUT2D eigenvalue weighted by atomic mass is 9.99. The molecule has 0 spiro atoms. The number of aliphatic hydroxyl groups excluding tert-OH is 3. The second-order valence-electron chi connectivity index (χ2n) is 6.80. The van der Waals surface area contributed by atoms with Gasteiger partial charge in [-0.25, -0.2) is 4.79 Å². The van der Waals surface area contributed by atoms with Crippen LogP contribution in [0.15, 0.2) is 48.5 Å². The third-order valence-electron chi connectivity index (χ3n) is 4.57. The van der Waals surface area contributed by atoms with E-state index in [1.807, 2.05) is 0 Å². The fourth-order valence-corrected chi connectivity index (χ4v) is 2.94. The van der Waals surface area contributed by atoms with Crippen LogP contribution in [0.25, 0.3) is 6.08 Å². The standard InChI is InChI=1S/C21H22O10/c22-10-16-20(31-17(26)8-2-11-1-7-14(24)15(25)9-11)18(27)19(28)21(30-16)29-13-5-3-12(23)4-6-13/h1-9,16,18-25,27-28H,10H2/t16-,18-,19-,20-,21-/m1/s1. The predicted octanol–water partition coefficient (Wildman–Crippen LogP) is 0.246. The summed E-state index contributed by atoms with van der Waals surface area (Å²) in [5, 5.41) is 58.4. The van der Waals surface area contributed by atoms with Crippen LogP contribution in [0.5, 0.6) is 23.0 Å². The first-order valence-corrected chi connectivity index (χ1v) is 9.27. The van der Waals surface area contributed by atoms with Crippen molar-refractivity contribution in [2.45, 2.75) is 30.7 Å². The molecule has 1 saturated heterocycles. The molecule has 1 aliphatic heterocycles. The Morgan fingerprint density at radius 1 is 1.00 bits per heavy atom. The number of rotatable bonds is 6. The lowest BCUT2D eigenvalue weighted by Crippen LogP contribution is -2.61. The fourth-order valence-electron chi connectivity index (χ4n) is 2.94. The van der Waals surface area contributed by atoms with Gasteiger partial charge in [-0.05, 0) is 48.0 Å². The zero-order chi connectivity index (χ0) is 22.5. The molecule has 0 amide bonds. The van der Waals surface area contributed by atoms with Gasteiger partial charge in [0.05, 0.1) is 6.61 Å². The van der Waals surface area contributed by atoms with Gasteiger partial charge in [-0.15, -0.1) is 0 Å². The molecular formula is C21H22O10. The molecule has 3 rings (SSSR count). The van der Waals surface area contributed by atoms with Crippen molar-refractivity contribution in [3.8, 4) is 23.0 Å². The highest BCUT2D eigenvalue weighted by Crippen LogP contribution is 2.28. The van der Waals surface area contributed by atoms with Crippen LogP contribution in [-0.4, -0.2) is 73.9 Å². The molecule has 2 aromatic carbocycles. The van der Waals surface area contributed by atoms with Crippen molar-refractivity contribution in [3.05, 3.63) is 54.1 Å². The van der Waals surface area contributed by atoms with Gasteiger partial charge in [0.15, 0.2) is 17.6 Å². The van der Waals surface area contributed by atoms with Crippen molar-refractivity contribution in [1.29, 1.82) is 0 Å². The quantitative estimate of drug-likeness (QED) is 0.211. The van der Waals surface area contributed by atoms with Crippen LogP contribution in [-0.2, 0) is 14.3 Å². The van der Waals surface area contributed by atoms with Gasteiger partial charge in [0, 0.05) is 6.08 Å². The molecule has 0 aromatic heterocycles. The van der Waals surface area contributed by atoms with E-state index in [-0.39, 0.29) is 23.0 Å². The van der Waals surface area contributed by atoms with Gasteiger partial charge in [-0.1, -0.05) is 6.07 Å². The number of phenolic OH excluding ortho intramolecular Hbond substituents is 3. The molecule has 6 N–H and O–H groups in total. The summed E-state index contributed by atoms with van der Waals surface area (Å²) in [5.41, 5.74) is 0.397. The maximum absolute atomic E-state index is 12.1. The van der Waals surface area contributed by atoms with Crippen LogP contribution in [0, 0.1) is 0 Å². The lowest BCUT2D eigenvalue weighted by molar-refractivity contribution is -0.280. The van der Waals surface area contributed by atoms with Gasteiger partial charge in [0.25, 0.3) is 0 Å². The maximum atomic E-state index is 12.1. The first-order valence-electron chi connectivity index (χ1n) is 9.27. The summed E-state index contributed by atoms with van der Waals surface area (Å²) in [6.07, 6.45) is -4.84. The van der Waals surface area contributed by atoms with Gasteiger partial charge in [-0.2, -0.15) is 0 Å². The Bertz CT molecular complexity index is 924. The first kappa shape index (κ1) is 22.4. The Hall–Kier alpha value is -3.31. The number of aliphatic hydroxyl groups is 3. The normalized spacial score (nSPS) is 26.0. The zero-order valence-corrected chi connectivity index (χ0v) is 16.1. The van der Waals surface area contributed by atoms with Crippen molar-refractivity contribution in [1.82, 2.24) is 0 Å². The Kier molecular flexibility index (Phi) is 6.98. The molecule has 5 atom stereocenters. The summed E-state index contributed by atoms with van der Waals surface area (Å²) in [7, 11) is 0. The molecule has 0 radical (unpaired) electrons. The Balaban J connectivity index is 1.65. The second kappa shape index (κ2) is 9.67. The number of hydrogen-bond acceptors (Lipinski definition) is 10. The fraction of sp³-hybridized carbons (Fsp3) is 0.286. The molecule has 31 heavy (non-hydrogen) atoms. The van der Waals surface area contributed by atoms with E-state index in [4.69, 9.17) is 14.2 Å². The van der Waals surface area contributed by atoms with Crippen LogP contribution >= 0.6 is 0 Å². The highest BCUT2D eigenvalue weighted by atomic mass is 16.7. The minimum absolute atomic E-state index is 0.00766. The number of aromatic hydroxyl groups is 3. The number of ether oxygens (including phenoxy) is 3. The Morgan fingerprint density at radius 3 is 2.35 bits per heavy atom. The average molecular weight is 434 g/mol. The molecule has 0 saturated carbocycles. The maximum Gasteiger partial charge on any atom is 0.331 e. The first-order chi connectivity index (χ1) is 14.8. The molecule has 166 valence electrons. The Labute approximate surface area is 176 Å². The number of carbonyl (C=O) groups excluding carboxylic acids is 1. The van der Waals surface area contributed by atoms with E-state index in [9.17, 15) is 35.4 Å². The van der Waals surface area contributed by atoms with E-state index >= 15 is 0 Å². The van der Waals surface area contributed by atoms with Crippen LogP contribution in [0.1, 0.15) is 5.56 Å². The van der Waals surface area contributed by atoms with E-state index in [1.54, 1.807) is 0 Å². The number of hydrogen-bond donors (Lipinski definition) is 6. The third kappa shape index (κ3) is 5.44. The number of esters is 1. The summed E-state index contributed by atoms with van der Waals surface area (Å²) in [6.45, 7) is -0.632. The number of carbonyl (C=O) groups is 1. The molecule has 10 nitrogen and oxygen atoms in total. The highest BCUT2D eigenvalue weighted by Gasteiger charge is 2.47. The van der Waals surface area contributed by atoms with Crippen molar-refractivity contribution in [2.24, 2.45) is 0 Å². The summed E-state index contributed by atoms with van der Waals surface area (Å²) >= 11 is 0. The van der Waals surface area contributed by atoms with Crippen LogP contribution in [0.3, 0.4) is 0 Å². The molecule has 1 heterocycles. The minimum Gasteiger partial charge on any atom is -0.508 e. The summed E-state index contributed by atoms with van der Waals surface area (Å²) in [5.74, 6) is -1.33. The molecule has 1 aliphatic rings.